The number of aryl methyl sites for hydroxylation is 2. The zero-order valence-corrected chi connectivity index (χ0v) is 18.1. The fraction of sp³-hybridized carbons (Fsp3) is 0.174. The smallest absolute Gasteiger partial charge is 0.261 e. The van der Waals surface area contributed by atoms with E-state index in [0.717, 1.165) is 12.0 Å². The van der Waals surface area contributed by atoms with Crippen LogP contribution < -0.4 is 10.0 Å². The Hall–Kier alpha value is -2.83. The van der Waals surface area contributed by atoms with E-state index < -0.39 is 10.0 Å². The minimum Gasteiger partial charge on any atom is -0.326 e. The van der Waals surface area contributed by atoms with Gasteiger partial charge < -0.3 is 5.32 Å². The van der Waals surface area contributed by atoms with Crippen molar-refractivity contribution in [3.8, 4) is 0 Å². The van der Waals surface area contributed by atoms with Crippen LogP contribution in [-0.4, -0.2) is 14.3 Å². The van der Waals surface area contributed by atoms with Crippen LogP contribution in [0, 0.1) is 0 Å². The molecule has 2 N–H and O–H groups in total. The number of nitrogens with one attached hydrogen (secondary N) is 2. The summed E-state index contributed by atoms with van der Waals surface area (Å²) in [7, 11) is -3.75. The number of hydrogen-bond donors (Lipinski definition) is 2. The van der Waals surface area contributed by atoms with Crippen molar-refractivity contribution < 1.29 is 13.2 Å². The van der Waals surface area contributed by atoms with Gasteiger partial charge in [-0.2, -0.15) is 0 Å². The lowest BCUT2D eigenvalue weighted by atomic mass is 10.1. The number of hydrogen-bond acceptors (Lipinski definition) is 3. The SMILES string of the molecule is CCc1ccc(CCC(=O)Nc2ccc(S(=O)(=O)Nc3cccc(Cl)c3)cc2)cc1. The lowest BCUT2D eigenvalue weighted by Gasteiger charge is -2.10. The van der Waals surface area contributed by atoms with E-state index in [1.54, 1.807) is 30.3 Å². The molecule has 0 unspecified atom stereocenters. The Morgan fingerprint density at radius 3 is 2.20 bits per heavy atom. The molecule has 0 bridgehead atoms. The summed E-state index contributed by atoms with van der Waals surface area (Å²) in [6.07, 6.45) is 1.98. The van der Waals surface area contributed by atoms with Gasteiger partial charge in [0.1, 0.15) is 0 Å². The van der Waals surface area contributed by atoms with E-state index in [9.17, 15) is 13.2 Å². The van der Waals surface area contributed by atoms with Crippen LogP contribution in [0.1, 0.15) is 24.5 Å². The molecule has 7 heteroatoms. The molecule has 0 heterocycles. The molecule has 3 aromatic carbocycles. The molecule has 3 rings (SSSR count). The Bertz CT molecular complexity index is 1110. The molecular formula is C23H23ClN2O3S. The van der Waals surface area contributed by atoms with Crippen molar-refractivity contribution in [3.63, 3.8) is 0 Å². The summed E-state index contributed by atoms with van der Waals surface area (Å²) in [5.41, 5.74) is 3.30. The topological polar surface area (TPSA) is 75.3 Å². The highest BCUT2D eigenvalue weighted by atomic mass is 35.5. The predicted octanol–water partition coefficient (Wildman–Crippen LogP) is 5.27. The van der Waals surface area contributed by atoms with Gasteiger partial charge in [-0.1, -0.05) is 48.9 Å². The fourth-order valence-electron chi connectivity index (χ4n) is 2.91. The summed E-state index contributed by atoms with van der Waals surface area (Å²) in [4.78, 5) is 12.3. The third-order valence-electron chi connectivity index (χ3n) is 4.60. The first-order valence-corrected chi connectivity index (χ1v) is 11.5. The lowest BCUT2D eigenvalue weighted by molar-refractivity contribution is -0.116. The van der Waals surface area contributed by atoms with Gasteiger partial charge >= 0.3 is 0 Å². The number of carbonyl (C=O) groups excluding carboxylic acids is 1. The molecule has 0 spiro atoms. The molecule has 0 atom stereocenters. The van der Waals surface area contributed by atoms with E-state index in [2.05, 4.69) is 29.1 Å². The molecule has 3 aromatic rings. The molecular weight excluding hydrogens is 420 g/mol. The van der Waals surface area contributed by atoms with Crippen molar-refractivity contribution in [2.24, 2.45) is 0 Å². The van der Waals surface area contributed by atoms with Crippen molar-refractivity contribution in [1.82, 2.24) is 0 Å². The maximum atomic E-state index is 12.5. The fourth-order valence-corrected chi connectivity index (χ4v) is 4.15. The molecule has 0 aliphatic rings. The zero-order chi connectivity index (χ0) is 21.6. The standard InChI is InChI=1S/C23H23ClN2O3S/c1-2-17-6-8-18(9-7-17)10-15-23(27)25-20-11-13-22(14-12-20)30(28,29)26-21-5-3-4-19(24)16-21/h3-9,11-14,16,26H,2,10,15H2,1H3,(H,25,27). The van der Waals surface area contributed by atoms with Gasteiger partial charge in [0.2, 0.25) is 5.91 Å². The second-order valence-corrected chi connectivity index (χ2v) is 8.98. The molecule has 0 saturated carbocycles. The van der Waals surface area contributed by atoms with Crippen LogP contribution in [0.5, 0.6) is 0 Å². The van der Waals surface area contributed by atoms with E-state index in [-0.39, 0.29) is 10.8 Å². The van der Waals surface area contributed by atoms with Gasteiger partial charge in [0.25, 0.3) is 10.0 Å². The van der Waals surface area contributed by atoms with Gasteiger partial charge in [-0.05, 0) is 66.4 Å². The molecule has 5 nitrogen and oxygen atoms in total. The van der Waals surface area contributed by atoms with Crippen LogP contribution in [-0.2, 0) is 27.7 Å². The highest BCUT2D eigenvalue weighted by Crippen LogP contribution is 2.21. The van der Waals surface area contributed by atoms with E-state index >= 15 is 0 Å². The average Bonchev–Trinajstić information content (AvgIpc) is 2.73. The van der Waals surface area contributed by atoms with Gasteiger partial charge in [-0.15, -0.1) is 0 Å². The lowest BCUT2D eigenvalue weighted by Crippen LogP contribution is -2.14. The summed E-state index contributed by atoms with van der Waals surface area (Å²) < 4.78 is 27.5. The Labute approximate surface area is 182 Å². The highest BCUT2D eigenvalue weighted by Gasteiger charge is 2.14. The third-order valence-corrected chi connectivity index (χ3v) is 6.23. The summed E-state index contributed by atoms with van der Waals surface area (Å²) >= 11 is 5.89. The molecule has 156 valence electrons. The van der Waals surface area contributed by atoms with Crippen molar-refractivity contribution in [2.45, 2.75) is 31.1 Å². The number of sulfonamides is 1. The molecule has 0 radical (unpaired) electrons. The molecule has 0 aromatic heterocycles. The third kappa shape index (κ3) is 6.08. The molecule has 30 heavy (non-hydrogen) atoms. The van der Waals surface area contributed by atoms with Crippen LogP contribution in [0.25, 0.3) is 0 Å². The van der Waals surface area contributed by atoms with Crippen molar-refractivity contribution in [3.05, 3.63) is 88.9 Å². The zero-order valence-electron chi connectivity index (χ0n) is 16.6. The molecule has 0 saturated heterocycles. The Morgan fingerprint density at radius 2 is 1.57 bits per heavy atom. The Kier molecular flexibility index (Phi) is 7.13. The predicted molar refractivity (Wildman–Crippen MR) is 121 cm³/mol. The average molecular weight is 443 g/mol. The normalized spacial score (nSPS) is 11.1. The number of carbonyl (C=O) groups is 1. The van der Waals surface area contributed by atoms with Crippen LogP contribution >= 0.6 is 11.6 Å². The van der Waals surface area contributed by atoms with Gasteiger partial charge in [-0.3, -0.25) is 9.52 Å². The number of anilines is 2. The molecule has 0 fully saturated rings. The van der Waals surface area contributed by atoms with Crippen LogP contribution in [0.2, 0.25) is 5.02 Å². The first-order chi connectivity index (χ1) is 14.4. The summed E-state index contributed by atoms with van der Waals surface area (Å²) in [6.45, 7) is 2.10. The molecule has 1 amide bonds. The second-order valence-electron chi connectivity index (χ2n) is 6.86. The van der Waals surface area contributed by atoms with E-state index in [1.165, 1.54) is 23.8 Å². The maximum absolute atomic E-state index is 12.5. The molecule has 0 aliphatic carbocycles. The number of benzene rings is 3. The quantitative estimate of drug-likeness (QED) is 0.498. The molecule has 0 aliphatic heterocycles. The number of rotatable bonds is 8. The van der Waals surface area contributed by atoms with Crippen molar-refractivity contribution >= 4 is 38.9 Å². The minimum atomic E-state index is -3.75. The van der Waals surface area contributed by atoms with Crippen LogP contribution in [0.4, 0.5) is 11.4 Å². The number of halogens is 1. The van der Waals surface area contributed by atoms with Gasteiger partial charge in [0.15, 0.2) is 0 Å². The van der Waals surface area contributed by atoms with Gasteiger partial charge in [0.05, 0.1) is 10.6 Å². The Balaban J connectivity index is 1.57. The van der Waals surface area contributed by atoms with Crippen molar-refractivity contribution in [1.29, 1.82) is 0 Å². The van der Waals surface area contributed by atoms with Gasteiger partial charge in [-0.25, -0.2) is 8.42 Å². The van der Waals surface area contributed by atoms with E-state index in [0.29, 0.717) is 29.2 Å². The minimum absolute atomic E-state index is 0.0940. The van der Waals surface area contributed by atoms with E-state index in [1.807, 2.05) is 12.1 Å². The first kappa shape index (κ1) is 21.9. The van der Waals surface area contributed by atoms with Crippen molar-refractivity contribution in [2.75, 3.05) is 10.0 Å². The summed E-state index contributed by atoms with van der Waals surface area (Å²) in [6, 6.07) is 20.7. The summed E-state index contributed by atoms with van der Waals surface area (Å²) in [5, 5.41) is 3.24. The van der Waals surface area contributed by atoms with Crippen LogP contribution in [0.3, 0.4) is 0 Å². The van der Waals surface area contributed by atoms with E-state index in [4.69, 9.17) is 11.6 Å². The monoisotopic (exact) mass is 442 g/mol. The number of amides is 1. The van der Waals surface area contributed by atoms with Crippen LogP contribution in [0.15, 0.2) is 77.7 Å². The summed E-state index contributed by atoms with van der Waals surface area (Å²) in [5.74, 6) is -0.123. The Morgan fingerprint density at radius 1 is 0.900 bits per heavy atom. The van der Waals surface area contributed by atoms with Gasteiger partial charge in [0, 0.05) is 17.1 Å². The second kappa shape index (κ2) is 9.78. The largest absolute Gasteiger partial charge is 0.326 e. The maximum Gasteiger partial charge on any atom is 0.261 e. The first-order valence-electron chi connectivity index (χ1n) is 9.62. The highest BCUT2D eigenvalue weighted by molar-refractivity contribution is 7.92.